The third-order valence-electron chi connectivity index (χ3n) is 8.45. The van der Waals surface area contributed by atoms with Crippen LogP contribution in [0.4, 0.5) is 16.1 Å². The average molecular weight is 716 g/mol. The maximum atomic E-state index is 12.7. The number of thiazole rings is 1. The summed E-state index contributed by atoms with van der Waals surface area (Å²) in [6.45, 7) is 5.83. The summed E-state index contributed by atoms with van der Waals surface area (Å²) in [6.07, 6.45) is 2.52. The number of aryl methyl sites for hydroxylation is 1. The molecule has 0 radical (unpaired) electrons. The topological polar surface area (TPSA) is 117 Å². The smallest absolute Gasteiger partial charge is 0.236 e. The van der Waals surface area contributed by atoms with Gasteiger partial charge in [-0.15, -0.1) is 5.10 Å². The molecule has 218 valence electrons. The van der Waals surface area contributed by atoms with Gasteiger partial charge >= 0.3 is 0 Å². The first kappa shape index (κ1) is 28.0. The van der Waals surface area contributed by atoms with Gasteiger partial charge in [-0.1, -0.05) is 41.7 Å². The molecule has 2 aliphatic heterocycles. The van der Waals surface area contributed by atoms with Gasteiger partial charge in [-0.05, 0) is 54.0 Å². The summed E-state index contributed by atoms with van der Waals surface area (Å²) in [7, 11) is 1.96. The molecular weight excluding hydrogens is 685 g/mol. The van der Waals surface area contributed by atoms with Gasteiger partial charge in [-0.2, -0.15) is 9.78 Å². The number of β-amino-alcohol motifs (C(OH)–C–C–N with tert-alkyl or cyclic N) is 1. The van der Waals surface area contributed by atoms with Crippen LogP contribution < -0.4 is 9.80 Å². The second-order valence-corrected chi connectivity index (χ2v) is 14.3. The van der Waals surface area contributed by atoms with E-state index in [0.717, 1.165) is 74.8 Å². The molecule has 5 heterocycles. The predicted molar refractivity (Wildman–Crippen MR) is 172 cm³/mol. The highest BCUT2D eigenvalue weighted by molar-refractivity contribution is 14.1. The molecule has 3 fully saturated rings. The number of piperazine rings is 1. The number of rotatable bonds is 7. The Morgan fingerprint density at radius 1 is 1.21 bits per heavy atom. The van der Waals surface area contributed by atoms with E-state index in [1.807, 2.05) is 40.7 Å². The standard InChI is InChI=1S/C28H30IN9O2S2/c1-3-20-24(34(2)25-32-23(21(12-30)41-25)17-4-6-18(29)7-5-17)38-26(31-20)42-27(33-38)35-10-11-37(28(16-35)8-9-28)15-22(40)36-13-19(39)14-36/h4-7,19,39H,3,8-11,13-16H2,1-2H3. The highest BCUT2D eigenvalue weighted by Gasteiger charge is 2.52. The van der Waals surface area contributed by atoms with Crippen LogP contribution in [0.15, 0.2) is 24.3 Å². The number of aliphatic hydroxyl groups excluding tert-OH is 1. The molecule has 42 heavy (non-hydrogen) atoms. The van der Waals surface area contributed by atoms with Crippen LogP contribution in [0, 0.1) is 14.9 Å². The van der Waals surface area contributed by atoms with Crippen molar-refractivity contribution in [3.05, 3.63) is 38.4 Å². The van der Waals surface area contributed by atoms with E-state index in [1.54, 1.807) is 16.2 Å². The summed E-state index contributed by atoms with van der Waals surface area (Å²) in [4.78, 5) is 32.4. The van der Waals surface area contributed by atoms with E-state index in [1.165, 1.54) is 11.3 Å². The molecule has 1 saturated carbocycles. The number of carbonyl (C=O) groups is 1. The van der Waals surface area contributed by atoms with Gasteiger partial charge in [0.25, 0.3) is 0 Å². The van der Waals surface area contributed by atoms with Crippen LogP contribution in [0.5, 0.6) is 0 Å². The molecule has 3 aromatic heterocycles. The van der Waals surface area contributed by atoms with Crippen molar-refractivity contribution >= 4 is 72.2 Å². The first-order chi connectivity index (χ1) is 20.3. The Balaban J connectivity index is 1.14. The zero-order valence-corrected chi connectivity index (χ0v) is 27.1. The van der Waals surface area contributed by atoms with Crippen molar-refractivity contribution in [3.8, 4) is 17.3 Å². The van der Waals surface area contributed by atoms with Crippen LogP contribution >= 0.6 is 45.3 Å². The molecule has 1 spiro atoms. The van der Waals surface area contributed by atoms with E-state index in [0.29, 0.717) is 30.2 Å². The lowest BCUT2D eigenvalue weighted by molar-refractivity contribution is -0.143. The monoisotopic (exact) mass is 715 g/mol. The molecule has 1 N–H and O–H groups in total. The summed E-state index contributed by atoms with van der Waals surface area (Å²) in [5, 5.41) is 26.2. The third kappa shape index (κ3) is 4.84. The predicted octanol–water partition coefficient (Wildman–Crippen LogP) is 3.58. The van der Waals surface area contributed by atoms with Gasteiger partial charge in [0.05, 0.1) is 18.3 Å². The fourth-order valence-electron chi connectivity index (χ4n) is 5.86. The average Bonchev–Trinajstić information content (AvgIpc) is 3.30. The lowest BCUT2D eigenvalue weighted by atomic mass is 10.1. The van der Waals surface area contributed by atoms with Gasteiger partial charge < -0.3 is 19.8 Å². The molecule has 0 bridgehead atoms. The molecule has 4 aromatic rings. The minimum absolute atomic E-state index is 0.0137. The fraction of sp³-hybridized carbons (Fsp3) is 0.464. The van der Waals surface area contributed by atoms with Gasteiger partial charge in [0.1, 0.15) is 16.6 Å². The van der Waals surface area contributed by atoms with Crippen molar-refractivity contribution in [3.63, 3.8) is 0 Å². The van der Waals surface area contributed by atoms with Crippen molar-refractivity contribution in [1.29, 1.82) is 5.26 Å². The number of anilines is 3. The summed E-state index contributed by atoms with van der Waals surface area (Å²) in [6, 6.07) is 10.4. The normalized spacial score (nSPS) is 18.5. The number of fused-ring (bicyclic) bond motifs is 1. The molecule has 0 unspecified atom stereocenters. The molecule has 1 aliphatic carbocycles. The second-order valence-electron chi connectivity index (χ2n) is 11.2. The van der Waals surface area contributed by atoms with Gasteiger partial charge in [-0.25, -0.2) is 9.97 Å². The van der Waals surface area contributed by atoms with Gasteiger partial charge in [0, 0.05) is 54.4 Å². The summed E-state index contributed by atoms with van der Waals surface area (Å²) >= 11 is 5.23. The fourth-order valence-corrected chi connectivity index (χ4v) is 8.00. The Kier molecular flexibility index (Phi) is 7.13. The van der Waals surface area contributed by atoms with Gasteiger partial charge in [-0.3, -0.25) is 9.69 Å². The van der Waals surface area contributed by atoms with Crippen LogP contribution in [0.2, 0.25) is 0 Å². The van der Waals surface area contributed by atoms with E-state index < -0.39 is 0 Å². The van der Waals surface area contributed by atoms with Crippen molar-refractivity contribution in [1.82, 2.24) is 29.4 Å². The van der Waals surface area contributed by atoms with E-state index in [4.69, 9.17) is 15.1 Å². The molecule has 1 aromatic carbocycles. The zero-order valence-electron chi connectivity index (χ0n) is 23.3. The summed E-state index contributed by atoms with van der Waals surface area (Å²) in [5.74, 6) is 0.976. The number of halogens is 1. The van der Waals surface area contributed by atoms with Crippen molar-refractivity contribution in [2.45, 2.75) is 37.8 Å². The molecule has 1 amide bonds. The minimum atomic E-state index is -0.374. The van der Waals surface area contributed by atoms with Crippen LogP contribution in [0.1, 0.15) is 30.3 Å². The second kappa shape index (κ2) is 10.7. The Labute approximate surface area is 265 Å². The highest BCUT2D eigenvalue weighted by Crippen LogP contribution is 2.46. The van der Waals surface area contributed by atoms with Crippen molar-refractivity contribution < 1.29 is 9.90 Å². The van der Waals surface area contributed by atoms with Gasteiger partial charge in [0.2, 0.25) is 16.0 Å². The number of aromatic nitrogens is 4. The first-order valence-electron chi connectivity index (χ1n) is 14.0. The van der Waals surface area contributed by atoms with Crippen molar-refractivity contribution in [2.24, 2.45) is 0 Å². The number of hydrogen-bond acceptors (Lipinski definition) is 11. The molecule has 2 saturated heterocycles. The molecule has 14 heteroatoms. The number of nitriles is 1. The van der Waals surface area contributed by atoms with Crippen molar-refractivity contribution in [2.75, 3.05) is 56.1 Å². The zero-order chi connectivity index (χ0) is 29.2. The Bertz CT molecular complexity index is 1700. The van der Waals surface area contributed by atoms with E-state index in [2.05, 4.69) is 45.4 Å². The Hall–Kier alpha value is -2.84. The number of nitrogens with zero attached hydrogens (tertiary/aromatic N) is 9. The first-order valence-corrected chi connectivity index (χ1v) is 16.7. The molecule has 7 rings (SSSR count). The van der Waals surface area contributed by atoms with Crippen LogP contribution in [-0.2, 0) is 11.2 Å². The molecule has 3 aliphatic rings. The number of amides is 1. The third-order valence-corrected chi connectivity index (χ3v) is 11.2. The largest absolute Gasteiger partial charge is 0.389 e. The van der Waals surface area contributed by atoms with E-state index in [-0.39, 0.29) is 17.6 Å². The maximum Gasteiger partial charge on any atom is 0.236 e. The quantitative estimate of drug-likeness (QED) is 0.287. The lowest BCUT2D eigenvalue weighted by Crippen LogP contribution is -2.60. The number of likely N-dealkylation sites (tertiary alicyclic amines) is 1. The van der Waals surface area contributed by atoms with Gasteiger partial charge in [0.15, 0.2) is 10.9 Å². The molecule has 11 nitrogen and oxygen atoms in total. The Morgan fingerprint density at radius 2 is 1.98 bits per heavy atom. The van der Waals surface area contributed by atoms with Crippen LogP contribution in [0.25, 0.3) is 16.2 Å². The number of imidazole rings is 1. The lowest BCUT2D eigenvalue weighted by Gasteiger charge is -2.43. The SMILES string of the molecule is CCc1nc2sc(N3CCN(CC(=O)N4CC(O)C4)C4(CC4)C3)nn2c1N(C)c1nc(-c2ccc(I)cc2)c(C#N)s1. The Morgan fingerprint density at radius 3 is 2.64 bits per heavy atom. The number of aliphatic hydroxyl groups is 1. The highest BCUT2D eigenvalue weighted by atomic mass is 127. The van der Waals surface area contributed by atoms with Crippen LogP contribution in [-0.4, -0.2) is 98.4 Å². The minimum Gasteiger partial charge on any atom is -0.389 e. The maximum absolute atomic E-state index is 12.7. The summed E-state index contributed by atoms with van der Waals surface area (Å²) < 4.78 is 3.05. The van der Waals surface area contributed by atoms with Crippen LogP contribution in [0.3, 0.4) is 0 Å². The number of benzene rings is 1. The summed E-state index contributed by atoms with van der Waals surface area (Å²) in [5.41, 5.74) is 2.56. The number of carbonyl (C=O) groups excluding carboxylic acids is 1. The van der Waals surface area contributed by atoms with E-state index >= 15 is 0 Å². The van der Waals surface area contributed by atoms with E-state index in [9.17, 15) is 15.2 Å². The molecule has 0 atom stereocenters. The number of hydrogen-bond donors (Lipinski definition) is 1. The molecular formula is C28H30IN9O2S2.